The molecule has 0 heterocycles. The van der Waals surface area contributed by atoms with Crippen LogP contribution in [-0.4, -0.2) is 11.2 Å². The van der Waals surface area contributed by atoms with Gasteiger partial charge in [0.2, 0.25) is 0 Å². The van der Waals surface area contributed by atoms with Gasteiger partial charge in [-0.3, -0.25) is 4.79 Å². The second kappa shape index (κ2) is 2.90. The second-order valence-corrected chi connectivity index (χ2v) is 4.04. The fourth-order valence-corrected chi connectivity index (χ4v) is 2.36. The molecule has 2 rings (SSSR count). The van der Waals surface area contributed by atoms with Gasteiger partial charge in [-0.25, -0.2) is 0 Å². The van der Waals surface area contributed by atoms with Crippen molar-refractivity contribution in [2.75, 3.05) is 0 Å². The minimum atomic E-state index is -0.366. The summed E-state index contributed by atoms with van der Waals surface area (Å²) in [5.74, 6) is 0.00705. The van der Waals surface area contributed by atoms with Crippen LogP contribution in [-0.2, 0) is 4.79 Å². The summed E-state index contributed by atoms with van der Waals surface area (Å²) in [6.45, 7) is 0. The van der Waals surface area contributed by atoms with Crippen LogP contribution in [0.15, 0.2) is 22.3 Å². The third-order valence-electron chi connectivity index (χ3n) is 2.32. The van der Waals surface area contributed by atoms with Gasteiger partial charge in [-0.1, -0.05) is 23.3 Å². The highest BCUT2D eigenvalue weighted by Crippen LogP contribution is 2.38. The van der Waals surface area contributed by atoms with E-state index in [9.17, 15) is 4.79 Å². The zero-order valence-electron chi connectivity index (χ0n) is 6.44. The topological polar surface area (TPSA) is 17.1 Å². The van der Waals surface area contributed by atoms with E-state index in [0.717, 1.165) is 18.4 Å². The summed E-state index contributed by atoms with van der Waals surface area (Å²) in [6, 6.07) is 0. The third-order valence-corrected chi connectivity index (χ3v) is 3.01. The lowest BCUT2D eigenvalue weighted by atomic mass is 10.00. The maximum atomic E-state index is 11.4. The SMILES string of the molecule is O=C1C2=C(CCC=C2Cl)CC1Cl. The van der Waals surface area contributed by atoms with Gasteiger partial charge in [0.15, 0.2) is 5.78 Å². The Bertz CT molecular complexity index is 302. The minimum Gasteiger partial charge on any atom is -0.292 e. The molecule has 0 aromatic carbocycles. The third kappa shape index (κ3) is 1.12. The highest BCUT2D eigenvalue weighted by molar-refractivity contribution is 6.42. The summed E-state index contributed by atoms with van der Waals surface area (Å²) >= 11 is 11.7. The first-order valence-electron chi connectivity index (χ1n) is 3.96. The van der Waals surface area contributed by atoms with Gasteiger partial charge in [-0.15, -0.1) is 11.6 Å². The monoisotopic (exact) mass is 202 g/mol. The average molecular weight is 203 g/mol. The van der Waals surface area contributed by atoms with Gasteiger partial charge in [0.1, 0.15) is 5.38 Å². The van der Waals surface area contributed by atoms with Crippen LogP contribution in [0.25, 0.3) is 0 Å². The normalized spacial score (nSPS) is 29.0. The van der Waals surface area contributed by atoms with Crippen LogP contribution < -0.4 is 0 Å². The van der Waals surface area contributed by atoms with Crippen molar-refractivity contribution >= 4 is 29.0 Å². The lowest BCUT2D eigenvalue weighted by molar-refractivity contribution is -0.114. The molecule has 0 N–H and O–H groups in total. The second-order valence-electron chi connectivity index (χ2n) is 3.11. The number of halogens is 2. The number of carbonyl (C=O) groups is 1. The van der Waals surface area contributed by atoms with Gasteiger partial charge < -0.3 is 0 Å². The number of rotatable bonds is 0. The zero-order chi connectivity index (χ0) is 8.72. The Balaban J connectivity index is 2.41. The Morgan fingerprint density at radius 2 is 2.25 bits per heavy atom. The number of hydrogen-bond acceptors (Lipinski definition) is 1. The molecule has 2 aliphatic carbocycles. The van der Waals surface area contributed by atoms with Crippen molar-refractivity contribution in [3.05, 3.63) is 22.3 Å². The fourth-order valence-electron chi connectivity index (χ4n) is 1.73. The molecular weight excluding hydrogens is 195 g/mol. The molecule has 0 fully saturated rings. The summed E-state index contributed by atoms with van der Waals surface area (Å²) < 4.78 is 0. The molecule has 1 atom stereocenters. The van der Waals surface area contributed by atoms with Crippen LogP contribution in [0.4, 0.5) is 0 Å². The molecule has 12 heavy (non-hydrogen) atoms. The lowest BCUT2D eigenvalue weighted by Gasteiger charge is -2.09. The van der Waals surface area contributed by atoms with E-state index in [2.05, 4.69) is 0 Å². The molecule has 64 valence electrons. The predicted octanol–water partition coefficient (Wildman–Crippen LogP) is 2.78. The predicted molar refractivity (Wildman–Crippen MR) is 49.5 cm³/mol. The van der Waals surface area contributed by atoms with Crippen LogP contribution in [0.2, 0.25) is 0 Å². The molecule has 0 aromatic rings. The molecule has 0 aromatic heterocycles. The molecule has 1 unspecified atom stereocenters. The van der Waals surface area contributed by atoms with Crippen molar-refractivity contribution in [2.45, 2.75) is 24.6 Å². The summed E-state index contributed by atoms with van der Waals surface area (Å²) in [6.07, 6.45) is 4.47. The number of Topliss-reactive ketones (excluding diaryl/α,β-unsaturated/α-hetero) is 1. The molecule has 2 aliphatic rings. The van der Waals surface area contributed by atoms with E-state index >= 15 is 0 Å². The highest BCUT2D eigenvalue weighted by Gasteiger charge is 2.33. The van der Waals surface area contributed by atoms with Crippen LogP contribution >= 0.6 is 23.2 Å². The van der Waals surface area contributed by atoms with Crippen LogP contribution in [0.1, 0.15) is 19.3 Å². The van der Waals surface area contributed by atoms with Crippen LogP contribution in [0.5, 0.6) is 0 Å². The summed E-state index contributed by atoms with van der Waals surface area (Å²) in [7, 11) is 0. The van der Waals surface area contributed by atoms with Gasteiger partial charge in [-0.05, 0) is 19.3 Å². The molecular formula is C9H8Cl2O. The molecule has 0 aliphatic heterocycles. The Kier molecular flexibility index (Phi) is 2.01. The quantitative estimate of drug-likeness (QED) is 0.553. The van der Waals surface area contributed by atoms with Gasteiger partial charge >= 0.3 is 0 Å². The number of carbonyl (C=O) groups excluding carboxylic acids is 1. The van der Waals surface area contributed by atoms with Crippen molar-refractivity contribution in [3.63, 3.8) is 0 Å². The molecule has 1 nitrogen and oxygen atoms in total. The van der Waals surface area contributed by atoms with E-state index in [4.69, 9.17) is 23.2 Å². The maximum absolute atomic E-state index is 11.4. The van der Waals surface area contributed by atoms with Gasteiger partial charge in [0.05, 0.1) is 0 Å². The summed E-state index contributed by atoms with van der Waals surface area (Å²) in [4.78, 5) is 11.4. The number of allylic oxidation sites excluding steroid dienone is 4. The first-order valence-corrected chi connectivity index (χ1v) is 4.78. The largest absolute Gasteiger partial charge is 0.292 e. The van der Waals surface area contributed by atoms with Crippen molar-refractivity contribution in [1.82, 2.24) is 0 Å². The van der Waals surface area contributed by atoms with Crippen LogP contribution in [0, 0.1) is 0 Å². The Labute approximate surface area is 81.0 Å². The zero-order valence-corrected chi connectivity index (χ0v) is 7.95. The highest BCUT2D eigenvalue weighted by atomic mass is 35.5. The van der Waals surface area contributed by atoms with Gasteiger partial charge in [0, 0.05) is 10.6 Å². The first kappa shape index (κ1) is 8.33. The van der Waals surface area contributed by atoms with Gasteiger partial charge in [0.25, 0.3) is 0 Å². The average Bonchev–Trinajstić information content (AvgIpc) is 2.29. The van der Waals surface area contributed by atoms with Crippen molar-refractivity contribution < 1.29 is 4.79 Å². The molecule has 3 heteroatoms. The Morgan fingerprint density at radius 1 is 1.50 bits per heavy atom. The fraction of sp³-hybridized carbons (Fsp3) is 0.444. The lowest BCUT2D eigenvalue weighted by Crippen LogP contribution is -2.09. The summed E-state index contributed by atoms with van der Waals surface area (Å²) in [5.41, 5.74) is 1.84. The molecule has 0 spiro atoms. The molecule has 0 saturated carbocycles. The van der Waals surface area contributed by atoms with E-state index in [1.165, 1.54) is 0 Å². The van der Waals surface area contributed by atoms with E-state index < -0.39 is 0 Å². The smallest absolute Gasteiger partial charge is 0.182 e. The van der Waals surface area contributed by atoms with Crippen LogP contribution in [0.3, 0.4) is 0 Å². The van der Waals surface area contributed by atoms with E-state index in [-0.39, 0.29) is 11.2 Å². The van der Waals surface area contributed by atoms with Crippen molar-refractivity contribution in [1.29, 1.82) is 0 Å². The number of alkyl halides is 1. The maximum Gasteiger partial charge on any atom is 0.182 e. The molecule has 0 bridgehead atoms. The Morgan fingerprint density at radius 3 is 2.92 bits per heavy atom. The Hall–Kier alpha value is -0.270. The van der Waals surface area contributed by atoms with E-state index in [1.54, 1.807) is 0 Å². The summed E-state index contributed by atoms with van der Waals surface area (Å²) in [5, 5.41) is 0.236. The van der Waals surface area contributed by atoms with Crippen molar-refractivity contribution in [2.24, 2.45) is 0 Å². The van der Waals surface area contributed by atoms with E-state index in [0.29, 0.717) is 17.0 Å². The van der Waals surface area contributed by atoms with E-state index in [1.807, 2.05) is 6.08 Å². The van der Waals surface area contributed by atoms with Gasteiger partial charge in [-0.2, -0.15) is 0 Å². The molecule has 0 amide bonds. The standard InChI is InChI=1S/C9H8Cl2O/c10-6-3-1-2-5-4-7(11)9(12)8(5)6/h3,7H,1-2,4H2. The van der Waals surface area contributed by atoms with Crippen molar-refractivity contribution in [3.8, 4) is 0 Å². The molecule has 0 saturated heterocycles. The number of ketones is 1. The number of hydrogen-bond donors (Lipinski definition) is 0. The molecule has 0 radical (unpaired) electrons. The minimum absolute atomic E-state index is 0.00705. The first-order chi connectivity index (χ1) is 5.70.